The first kappa shape index (κ1) is 27.5. The first-order chi connectivity index (χ1) is 16.6. The molecule has 2 fully saturated rings. The highest BCUT2D eigenvalue weighted by molar-refractivity contribution is 5.33. The number of halogens is 2. The van der Waals surface area contributed by atoms with E-state index in [1.165, 1.54) is 77.0 Å². The van der Waals surface area contributed by atoms with Crippen molar-refractivity contribution in [1.82, 2.24) is 0 Å². The molecule has 0 atom stereocenters. The summed E-state index contributed by atoms with van der Waals surface area (Å²) in [6.07, 6.45) is 22.5. The van der Waals surface area contributed by atoms with E-state index in [-0.39, 0.29) is 11.7 Å². The fourth-order valence-electron chi connectivity index (χ4n) is 6.40. The van der Waals surface area contributed by atoms with Crippen LogP contribution < -0.4 is 4.74 Å². The molecule has 0 spiro atoms. The smallest absolute Gasteiger partial charge is 0.200 e. The summed E-state index contributed by atoms with van der Waals surface area (Å²) in [6, 6.07) is 3.44. The molecular weight excluding hydrogens is 426 g/mol. The summed E-state index contributed by atoms with van der Waals surface area (Å²) >= 11 is 0. The molecule has 0 aromatic heterocycles. The van der Waals surface area contributed by atoms with Crippen molar-refractivity contribution in [1.29, 1.82) is 0 Å². The molecule has 0 aliphatic heterocycles. The Hall–Kier alpha value is -1.12. The zero-order chi connectivity index (χ0) is 24.2. The predicted octanol–water partition coefficient (Wildman–Crippen LogP) is 10.4. The van der Waals surface area contributed by atoms with Crippen molar-refractivity contribution in [2.24, 2.45) is 17.8 Å². The Labute approximate surface area is 208 Å². The lowest BCUT2D eigenvalue weighted by molar-refractivity contribution is 0.222. The summed E-state index contributed by atoms with van der Waals surface area (Å²) < 4.78 is 35.1. The molecule has 0 unspecified atom stereocenters. The molecule has 2 aliphatic rings. The van der Waals surface area contributed by atoms with Crippen LogP contribution in [0.1, 0.15) is 141 Å². The zero-order valence-corrected chi connectivity index (χ0v) is 22.1. The van der Waals surface area contributed by atoms with Gasteiger partial charge in [-0.05, 0) is 67.4 Å². The lowest BCUT2D eigenvalue weighted by Gasteiger charge is -2.32. The molecular formula is C31H50F2O. The molecule has 34 heavy (non-hydrogen) atoms. The number of hydrogen-bond donors (Lipinski definition) is 0. The lowest BCUT2D eigenvalue weighted by atomic mass is 9.74. The van der Waals surface area contributed by atoms with Crippen LogP contribution in [-0.2, 0) is 0 Å². The first-order valence-corrected chi connectivity index (χ1v) is 14.7. The molecule has 1 aromatic rings. The van der Waals surface area contributed by atoms with Gasteiger partial charge in [-0.1, -0.05) is 103 Å². The molecule has 3 rings (SSSR count). The predicted molar refractivity (Wildman–Crippen MR) is 140 cm³/mol. The van der Waals surface area contributed by atoms with Crippen LogP contribution in [0.25, 0.3) is 0 Å². The van der Waals surface area contributed by atoms with Crippen LogP contribution in [0.5, 0.6) is 5.75 Å². The molecule has 1 nitrogen and oxygen atoms in total. The number of hydrogen-bond acceptors (Lipinski definition) is 1. The molecule has 0 saturated heterocycles. The van der Waals surface area contributed by atoms with E-state index in [0.717, 1.165) is 56.3 Å². The van der Waals surface area contributed by atoms with Gasteiger partial charge in [0, 0.05) is 0 Å². The van der Waals surface area contributed by atoms with Gasteiger partial charge in [0.1, 0.15) is 0 Å². The summed E-state index contributed by atoms with van der Waals surface area (Å²) in [5.74, 6) is 1.47. The molecule has 1 aromatic carbocycles. The highest BCUT2D eigenvalue weighted by Gasteiger charge is 2.28. The Morgan fingerprint density at radius 2 is 1.21 bits per heavy atom. The number of benzene rings is 1. The topological polar surface area (TPSA) is 9.23 Å². The van der Waals surface area contributed by atoms with E-state index in [1.54, 1.807) is 12.1 Å². The van der Waals surface area contributed by atoms with Crippen molar-refractivity contribution in [3.63, 3.8) is 0 Å². The fraction of sp³-hybridized carbons (Fsp3) is 0.806. The Morgan fingerprint density at radius 1 is 0.647 bits per heavy atom. The van der Waals surface area contributed by atoms with E-state index < -0.39 is 11.6 Å². The molecule has 3 heteroatoms. The minimum absolute atomic E-state index is 0.0786. The van der Waals surface area contributed by atoms with Gasteiger partial charge < -0.3 is 4.74 Å². The van der Waals surface area contributed by atoms with Gasteiger partial charge in [-0.15, -0.1) is 0 Å². The quantitative estimate of drug-likeness (QED) is 0.243. The lowest BCUT2D eigenvalue weighted by Crippen LogP contribution is -2.18. The highest BCUT2D eigenvalue weighted by Crippen LogP contribution is 2.41. The third-order valence-electron chi connectivity index (χ3n) is 8.78. The summed E-state index contributed by atoms with van der Waals surface area (Å²) in [5, 5.41) is 0. The summed E-state index contributed by atoms with van der Waals surface area (Å²) in [5.41, 5.74) is 0.566. The maximum atomic E-state index is 14.9. The third-order valence-corrected chi connectivity index (χ3v) is 8.78. The number of ether oxygens (including phenoxy) is 1. The van der Waals surface area contributed by atoms with E-state index in [1.807, 2.05) is 0 Å². The van der Waals surface area contributed by atoms with Gasteiger partial charge in [-0.3, -0.25) is 0 Å². The van der Waals surface area contributed by atoms with Gasteiger partial charge in [-0.2, -0.15) is 4.39 Å². The van der Waals surface area contributed by atoms with E-state index in [4.69, 9.17) is 4.74 Å². The van der Waals surface area contributed by atoms with Crippen molar-refractivity contribution in [3.05, 3.63) is 29.3 Å². The minimum Gasteiger partial charge on any atom is -0.490 e. The Morgan fingerprint density at radius 3 is 1.82 bits per heavy atom. The summed E-state index contributed by atoms with van der Waals surface area (Å²) in [7, 11) is 0. The average Bonchev–Trinajstić information content (AvgIpc) is 2.87. The summed E-state index contributed by atoms with van der Waals surface area (Å²) in [6.45, 7) is 4.94. The molecule has 0 amide bonds. The Bertz CT molecular complexity index is 687. The fourth-order valence-corrected chi connectivity index (χ4v) is 6.40. The standard InChI is InChI=1S/C31H50F2O/c1-3-5-7-8-9-23-34-29-22-21-28(30(32)31(29)33)27-19-17-26(18-20-27)16-15-25-13-11-24(12-14-25)10-6-4-2/h21-22,24-27H,3-20,23H2,1-2H3. The summed E-state index contributed by atoms with van der Waals surface area (Å²) in [4.78, 5) is 0. The van der Waals surface area contributed by atoms with Gasteiger partial charge in [-0.25, -0.2) is 4.39 Å². The Balaban J connectivity index is 1.37. The molecule has 0 N–H and O–H groups in total. The van der Waals surface area contributed by atoms with E-state index >= 15 is 0 Å². The third kappa shape index (κ3) is 8.52. The average molecular weight is 477 g/mol. The van der Waals surface area contributed by atoms with Crippen LogP contribution in [0.15, 0.2) is 12.1 Å². The van der Waals surface area contributed by atoms with Crippen molar-refractivity contribution < 1.29 is 13.5 Å². The first-order valence-electron chi connectivity index (χ1n) is 14.7. The van der Waals surface area contributed by atoms with Crippen molar-refractivity contribution in [3.8, 4) is 5.75 Å². The van der Waals surface area contributed by atoms with E-state index in [9.17, 15) is 8.78 Å². The maximum Gasteiger partial charge on any atom is 0.200 e. The van der Waals surface area contributed by atoms with Crippen LogP contribution in [0.4, 0.5) is 8.78 Å². The van der Waals surface area contributed by atoms with Gasteiger partial charge >= 0.3 is 0 Å². The SMILES string of the molecule is CCCCCCCOc1ccc(C2CCC(CCC3CCC(CCCC)CC3)CC2)c(F)c1F. The molecule has 194 valence electrons. The second-order valence-corrected chi connectivity index (χ2v) is 11.4. The van der Waals surface area contributed by atoms with Crippen LogP contribution in [0.2, 0.25) is 0 Å². The number of unbranched alkanes of at least 4 members (excludes halogenated alkanes) is 5. The van der Waals surface area contributed by atoms with E-state index in [0.29, 0.717) is 12.2 Å². The minimum atomic E-state index is -0.789. The van der Waals surface area contributed by atoms with Gasteiger partial charge in [0.2, 0.25) is 5.82 Å². The zero-order valence-electron chi connectivity index (χ0n) is 22.1. The molecule has 2 saturated carbocycles. The second-order valence-electron chi connectivity index (χ2n) is 11.4. The molecule has 0 heterocycles. The highest BCUT2D eigenvalue weighted by atomic mass is 19.2. The van der Waals surface area contributed by atoms with Crippen LogP contribution >= 0.6 is 0 Å². The van der Waals surface area contributed by atoms with Crippen molar-refractivity contribution in [2.75, 3.05) is 6.61 Å². The largest absolute Gasteiger partial charge is 0.490 e. The molecule has 0 bridgehead atoms. The van der Waals surface area contributed by atoms with Crippen LogP contribution in [0, 0.1) is 29.4 Å². The van der Waals surface area contributed by atoms with Gasteiger partial charge in [0.25, 0.3) is 0 Å². The number of rotatable bonds is 14. The molecule has 2 aliphatic carbocycles. The van der Waals surface area contributed by atoms with Crippen LogP contribution in [-0.4, -0.2) is 6.61 Å². The normalized spacial score (nSPS) is 25.4. The van der Waals surface area contributed by atoms with Crippen LogP contribution in [0.3, 0.4) is 0 Å². The second kappa shape index (κ2) is 15.1. The van der Waals surface area contributed by atoms with Crippen molar-refractivity contribution in [2.45, 2.75) is 135 Å². The monoisotopic (exact) mass is 476 g/mol. The Kier molecular flexibility index (Phi) is 12.2. The molecule has 0 radical (unpaired) electrons. The van der Waals surface area contributed by atoms with Crippen molar-refractivity contribution >= 4 is 0 Å². The van der Waals surface area contributed by atoms with Gasteiger partial charge in [0.15, 0.2) is 11.6 Å². The maximum absolute atomic E-state index is 14.9. The van der Waals surface area contributed by atoms with Gasteiger partial charge in [0.05, 0.1) is 6.61 Å². The van der Waals surface area contributed by atoms with E-state index in [2.05, 4.69) is 13.8 Å².